The molecule has 0 spiro atoms. The third-order valence-corrected chi connectivity index (χ3v) is 3.89. The second kappa shape index (κ2) is 5.79. The van der Waals surface area contributed by atoms with Crippen LogP contribution in [0.25, 0.3) is 10.8 Å². The first kappa shape index (κ1) is 14.0. The summed E-state index contributed by atoms with van der Waals surface area (Å²) in [6.07, 6.45) is 1.66. The molecule has 5 heteroatoms. The summed E-state index contributed by atoms with van der Waals surface area (Å²) in [4.78, 5) is 4.24. The standard InChI is InChI=1S/C16H12BrFN2O/c17-13-4-1-3-11-10(13)7-8-20-16(11)21-15-6-2-5-14(18)12(15)9-19/h1-8H,9,19H2. The number of hydrogen-bond donors (Lipinski definition) is 1. The fraction of sp³-hybridized carbons (Fsp3) is 0.0625. The number of halogens is 2. The van der Waals surface area contributed by atoms with Crippen LogP contribution in [0.3, 0.4) is 0 Å². The second-order valence-electron chi connectivity index (χ2n) is 4.47. The van der Waals surface area contributed by atoms with Crippen molar-refractivity contribution < 1.29 is 9.13 Å². The molecule has 0 aliphatic carbocycles. The highest BCUT2D eigenvalue weighted by atomic mass is 79.9. The van der Waals surface area contributed by atoms with E-state index in [0.717, 1.165) is 15.2 Å². The Morgan fingerprint density at radius 1 is 1.10 bits per heavy atom. The van der Waals surface area contributed by atoms with Crippen LogP contribution < -0.4 is 10.5 Å². The number of rotatable bonds is 3. The average molecular weight is 347 g/mol. The smallest absolute Gasteiger partial charge is 0.227 e. The molecular formula is C16H12BrFN2O. The molecule has 0 radical (unpaired) electrons. The summed E-state index contributed by atoms with van der Waals surface area (Å²) in [5, 5.41) is 1.83. The Morgan fingerprint density at radius 2 is 1.90 bits per heavy atom. The van der Waals surface area contributed by atoms with Gasteiger partial charge in [-0.05, 0) is 30.3 Å². The molecular weight excluding hydrogens is 335 g/mol. The van der Waals surface area contributed by atoms with Crippen molar-refractivity contribution in [3.63, 3.8) is 0 Å². The normalized spacial score (nSPS) is 10.8. The molecule has 0 fully saturated rings. The lowest BCUT2D eigenvalue weighted by Gasteiger charge is -2.12. The number of benzene rings is 2. The van der Waals surface area contributed by atoms with Crippen LogP contribution in [0.2, 0.25) is 0 Å². The molecule has 106 valence electrons. The lowest BCUT2D eigenvalue weighted by molar-refractivity contribution is 0.455. The van der Waals surface area contributed by atoms with Crippen LogP contribution in [0, 0.1) is 5.82 Å². The summed E-state index contributed by atoms with van der Waals surface area (Å²) in [6, 6.07) is 12.3. The molecule has 0 saturated carbocycles. The minimum Gasteiger partial charge on any atom is -0.438 e. The van der Waals surface area contributed by atoms with E-state index in [9.17, 15) is 4.39 Å². The Labute approximate surface area is 129 Å². The summed E-state index contributed by atoms with van der Waals surface area (Å²) in [5.74, 6) is 0.433. The maximum Gasteiger partial charge on any atom is 0.227 e. The Hall–Kier alpha value is -1.98. The zero-order valence-corrected chi connectivity index (χ0v) is 12.6. The minimum atomic E-state index is -0.378. The van der Waals surface area contributed by atoms with E-state index in [1.807, 2.05) is 24.3 Å². The molecule has 2 N–H and O–H groups in total. The first-order valence-electron chi connectivity index (χ1n) is 6.39. The molecule has 21 heavy (non-hydrogen) atoms. The van der Waals surface area contributed by atoms with E-state index in [2.05, 4.69) is 20.9 Å². The fourth-order valence-electron chi connectivity index (χ4n) is 2.16. The van der Waals surface area contributed by atoms with Crippen LogP contribution in [0.15, 0.2) is 53.1 Å². The number of ether oxygens (including phenoxy) is 1. The van der Waals surface area contributed by atoms with Gasteiger partial charge in [0.05, 0.1) is 0 Å². The topological polar surface area (TPSA) is 48.1 Å². The van der Waals surface area contributed by atoms with Crippen molar-refractivity contribution in [2.45, 2.75) is 6.54 Å². The summed E-state index contributed by atoms with van der Waals surface area (Å²) < 4.78 is 20.5. The molecule has 0 atom stereocenters. The SMILES string of the molecule is NCc1c(F)cccc1Oc1nccc2c(Br)cccc12. The molecule has 2 aromatic carbocycles. The molecule has 1 aromatic heterocycles. The molecule has 1 heterocycles. The largest absolute Gasteiger partial charge is 0.438 e. The highest BCUT2D eigenvalue weighted by Crippen LogP contribution is 2.33. The maximum atomic E-state index is 13.7. The lowest BCUT2D eigenvalue weighted by Crippen LogP contribution is -2.03. The Kier molecular flexibility index (Phi) is 3.86. The van der Waals surface area contributed by atoms with E-state index in [1.165, 1.54) is 6.07 Å². The van der Waals surface area contributed by atoms with Gasteiger partial charge in [0, 0.05) is 33.6 Å². The van der Waals surface area contributed by atoms with Crippen molar-refractivity contribution in [3.05, 3.63) is 64.5 Å². The Balaban J connectivity index is 2.11. The maximum absolute atomic E-state index is 13.7. The van der Waals surface area contributed by atoms with Gasteiger partial charge in [-0.15, -0.1) is 0 Å². The van der Waals surface area contributed by atoms with Crippen molar-refractivity contribution in [2.24, 2.45) is 5.73 Å². The zero-order chi connectivity index (χ0) is 14.8. The molecule has 0 unspecified atom stereocenters. The minimum absolute atomic E-state index is 0.0659. The number of hydrogen-bond acceptors (Lipinski definition) is 3. The van der Waals surface area contributed by atoms with Gasteiger partial charge in [-0.3, -0.25) is 0 Å². The van der Waals surface area contributed by atoms with Crippen molar-refractivity contribution in [2.75, 3.05) is 0 Å². The monoisotopic (exact) mass is 346 g/mol. The first-order valence-corrected chi connectivity index (χ1v) is 7.18. The molecule has 0 aliphatic rings. The predicted octanol–water partition coefficient (Wildman–Crippen LogP) is 4.39. The van der Waals surface area contributed by atoms with E-state index in [-0.39, 0.29) is 12.4 Å². The molecule has 0 aliphatic heterocycles. The number of nitrogens with zero attached hydrogens (tertiary/aromatic N) is 1. The van der Waals surface area contributed by atoms with Crippen LogP contribution in [0.5, 0.6) is 11.6 Å². The number of aromatic nitrogens is 1. The Morgan fingerprint density at radius 3 is 2.71 bits per heavy atom. The third-order valence-electron chi connectivity index (χ3n) is 3.20. The van der Waals surface area contributed by atoms with Crippen molar-refractivity contribution >= 4 is 26.7 Å². The van der Waals surface area contributed by atoms with Gasteiger partial charge in [-0.1, -0.05) is 28.1 Å². The Bertz CT molecular complexity index is 807. The van der Waals surface area contributed by atoms with Gasteiger partial charge >= 0.3 is 0 Å². The van der Waals surface area contributed by atoms with E-state index in [4.69, 9.17) is 10.5 Å². The summed E-state index contributed by atoms with van der Waals surface area (Å²) >= 11 is 3.49. The van der Waals surface area contributed by atoms with E-state index in [0.29, 0.717) is 17.2 Å². The molecule has 3 aromatic rings. The van der Waals surface area contributed by atoms with Crippen LogP contribution in [-0.2, 0) is 6.54 Å². The van der Waals surface area contributed by atoms with Gasteiger partial charge in [-0.25, -0.2) is 9.37 Å². The third kappa shape index (κ3) is 2.62. The lowest BCUT2D eigenvalue weighted by atomic mass is 10.1. The molecule has 0 bridgehead atoms. The number of nitrogens with two attached hydrogens (primary N) is 1. The summed E-state index contributed by atoms with van der Waals surface area (Å²) in [5.41, 5.74) is 5.93. The van der Waals surface area contributed by atoms with Gasteiger partial charge < -0.3 is 10.5 Å². The fourth-order valence-corrected chi connectivity index (χ4v) is 2.66. The van der Waals surface area contributed by atoms with E-state index in [1.54, 1.807) is 18.3 Å². The van der Waals surface area contributed by atoms with Gasteiger partial charge in [0.1, 0.15) is 11.6 Å². The predicted molar refractivity (Wildman–Crippen MR) is 83.8 cm³/mol. The number of pyridine rings is 1. The van der Waals surface area contributed by atoms with Gasteiger partial charge in [0.25, 0.3) is 0 Å². The first-order chi connectivity index (χ1) is 10.2. The van der Waals surface area contributed by atoms with Gasteiger partial charge in [0.15, 0.2) is 0 Å². The van der Waals surface area contributed by atoms with Crippen LogP contribution in [0.4, 0.5) is 4.39 Å². The van der Waals surface area contributed by atoms with Crippen molar-refractivity contribution in [1.82, 2.24) is 4.98 Å². The molecule has 3 rings (SSSR count). The van der Waals surface area contributed by atoms with Crippen molar-refractivity contribution in [1.29, 1.82) is 0 Å². The second-order valence-corrected chi connectivity index (χ2v) is 5.33. The van der Waals surface area contributed by atoms with E-state index < -0.39 is 0 Å². The quantitative estimate of drug-likeness (QED) is 0.765. The number of fused-ring (bicyclic) bond motifs is 1. The molecule has 0 saturated heterocycles. The highest BCUT2D eigenvalue weighted by molar-refractivity contribution is 9.10. The van der Waals surface area contributed by atoms with Gasteiger partial charge in [0.2, 0.25) is 5.88 Å². The average Bonchev–Trinajstić information content (AvgIpc) is 2.49. The van der Waals surface area contributed by atoms with Crippen LogP contribution >= 0.6 is 15.9 Å². The molecule has 0 amide bonds. The van der Waals surface area contributed by atoms with Gasteiger partial charge in [-0.2, -0.15) is 0 Å². The highest BCUT2D eigenvalue weighted by Gasteiger charge is 2.12. The van der Waals surface area contributed by atoms with Crippen LogP contribution in [0.1, 0.15) is 5.56 Å². The zero-order valence-electron chi connectivity index (χ0n) is 11.0. The summed E-state index contributed by atoms with van der Waals surface area (Å²) in [6.45, 7) is 0.0659. The van der Waals surface area contributed by atoms with Crippen molar-refractivity contribution in [3.8, 4) is 11.6 Å². The van der Waals surface area contributed by atoms with E-state index >= 15 is 0 Å². The summed E-state index contributed by atoms with van der Waals surface area (Å²) in [7, 11) is 0. The molecule has 3 nitrogen and oxygen atoms in total. The van der Waals surface area contributed by atoms with Crippen LogP contribution in [-0.4, -0.2) is 4.98 Å².